The van der Waals surface area contributed by atoms with Crippen molar-refractivity contribution in [1.82, 2.24) is 14.9 Å². The molecule has 0 atom stereocenters. The molecule has 96 valence electrons. The lowest BCUT2D eigenvalue weighted by Gasteiger charge is -2.20. The topological polar surface area (TPSA) is 46.9 Å². The molecule has 0 radical (unpaired) electrons. The molecule has 1 N–H and O–H groups in total. The van der Waals surface area contributed by atoms with Crippen molar-refractivity contribution in [2.45, 2.75) is 33.2 Å². The SMILES string of the molecule is Cc1nc2ccc(C(=O)NC(C)(C)C)cc2n1C. The molecule has 0 unspecified atom stereocenters. The molecule has 0 spiro atoms. The van der Waals surface area contributed by atoms with Gasteiger partial charge in [0.2, 0.25) is 0 Å². The lowest BCUT2D eigenvalue weighted by atomic mass is 10.1. The second-order valence-corrected chi connectivity index (χ2v) is 5.63. The van der Waals surface area contributed by atoms with Gasteiger partial charge >= 0.3 is 0 Å². The quantitative estimate of drug-likeness (QED) is 0.838. The summed E-state index contributed by atoms with van der Waals surface area (Å²) < 4.78 is 1.99. The van der Waals surface area contributed by atoms with Crippen LogP contribution in [0.5, 0.6) is 0 Å². The number of rotatable bonds is 1. The molecule has 1 aromatic heterocycles. The molecule has 0 aliphatic heterocycles. The van der Waals surface area contributed by atoms with Crippen LogP contribution in [-0.4, -0.2) is 21.0 Å². The van der Waals surface area contributed by atoms with Crippen LogP contribution in [0, 0.1) is 6.92 Å². The molecule has 0 fully saturated rings. The third-order valence-corrected chi connectivity index (χ3v) is 2.86. The molecule has 1 amide bonds. The van der Waals surface area contributed by atoms with Crippen molar-refractivity contribution in [3.8, 4) is 0 Å². The van der Waals surface area contributed by atoms with Crippen LogP contribution in [0.2, 0.25) is 0 Å². The molecule has 0 bridgehead atoms. The molecule has 2 aromatic rings. The Morgan fingerprint density at radius 3 is 2.61 bits per heavy atom. The fraction of sp³-hybridized carbons (Fsp3) is 0.429. The number of nitrogens with one attached hydrogen (secondary N) is 1. The number of aryl methyl sites for hydroxylation is 2. The highest BCUT2D eigenvalue weighted by molar-refractivity contribution is 5.97. The van der Waals surface area contributed by atoms with Gasteiger partial charge in [-0.2, -0.15) is 0 Å². The summed E-state index contributed by atoms with van der Waals surface area (Å²) in [4.78, 5) is 16.5. The minimum atomic E-state index is -0.228. The van der Waals surface area contributed by atoms with Crippen LogP contribution in [0.25, 0.3) is 11.0 Å². The number of aromatic nitrogens is 2. The zero-order valence-electron chi connectivity index (χ0n) is 11.5. The van der Waals surface area contributed by atoms with Crippen molar-refractivity contribution >= 4 is 16.9 Å². The van der Waals surface area contributed by atoms with E-state index in [9.17, 15) is 4.79 Å². The summed E-state index contributed by atoms with van der Waals surface area (Å²) in [5.41, 5.74) is 2.34. The van der Waals surface area contributed by atoms with Gasteiger partial charge in [-0.15, -0.1) is 0 Å². The van der Waals surface area contributed by atoms with E-state index in [4.69, 9.17) is 0 Å². The normalized spacial score (nSPS) is 11.8. The molecule has 0 saturated heterocycles. The number of nitrogens with zero attached hydrogens (tertiary/aromatic N) is 2. The minimum Gasteiger partial charge on any atom is -0.347 e. The summed E-state index contributed by atoms with van der Waals surface area (Å²) in [6.45, 7) is 7.86. The van der Waals surface area contributed by atoms with Gasteiger partial charge in [-0.05, 0) is 45.9 Å². The molecule has 1 aromatic carbocycles. The van der Waals surface area contributed by atoms with Crippen molar-refractivity contribution in [1.29, 1.82) is 0 Å². The largest absolute Gasteiger partial charge is 0.347 e. The highest BCUT2D eigenvalue weighted by atomic mass is 16.1. The van der Waals surface area contributed by atoms with Gasteiger partial charge in [-0.25, -0.2) is 4.98 Å². The van der Waals surface area contributed by atoms with Crippen LogP contribution in [0.3, 0.4) is 0 Å². The van der Waals surface area contributed by atoms with Crippen molar-refractivity contribution < 1.29 is 4.79 Å². The number of imidazole rings is 1. The Labute approximate surface area is 107 Å². The Hall–Kier alpha value is -1.84. The Morgan fingerprint density at radius 1 is 1.33 bits per heavy atom. The molecule has 0 saturated carbocycles. The Kier molecular flexibility index (Phi) is 2.89. The van der Waals surface area contributed by atoms with E-state index in [0.717, 1.165) is 16.9 Å². The van der Waals surface area contributed by atoms with Gasteiger partial charge in [0.05, 0.1) is 11.0 Å². The van der Waals surface area contributed by atoms with Gasteiger partial charge in [0.1, 0.15) is 5.82 Å². The highest BCUT2D eigenvalue weighted by Gasteiger charge is 2.16. The van der Waals surface area contributed by atoms with E-state index in [0.29, 0.717) is 5.56 Å². The number of hydrogen-bond acceptors (Lipinski definition) is 2. The zero-order valence-corrected chi connectivity index (χ0v) is 11.5. The molecule has 0 aliphatic carbocycles. The van der Waals surface area contributed by atoms with Crippen molar-refractivity contribution in [2.24, 2.45) is 7.05 Å². The summed E-state index contributed by atoms with van der Waals surface area (Å²) in [6, 6.07) is 5.59. The van der Waals surface area contributed by atoms with Crippen LogP contribution in [0.1, 0.15) is 37.0 Å². The van der Waals surface area contributed by atoms with Crippen LogP contribution in [0.15, 0.2) is 18.2 Å². The molecule has 1 heterocycles. The van der Waals surface area contributed by atoms with Gasteiger partial charge in [0, 0.05) is 18.2 Å². The van der Waals surface area contributed by atoms with E-state index in [2.05, 4.69) is 10.3 Å². The van der Waals surface area contributed by atoms with Crippen molar-refractivity contribution in [2.75, 3.05) is 0 Å². The first-order valence-electron chi connectivity index (χ1n) is 6.03. The monoisotopic (exact) mass is 245 g/mol. The predicted molar refractivity (Wildman–Crippen MR) is 72.7 cm³/mol. The van der Waals surface area contributed by atoms with E-state index < -0.39 is 0 Å². The predicted octanol–water partition coefficient (Wildman–Crippen LogP) is 2.41. The summed E-state index contributed by atoms with van der Waals surface area (Å²) in [5, 5.41) is 2.96. The zero-order chi connectivity index (χ0) is 13.5. The second-order valence-electron chi connectivity index (χ2n) is 5.63. The van der Waals surface area contributed by atoms with Gasteiger partial charge in [0.15, 0.2) is 0 Å². The number of amides is 1. The third kappa shape index (κ3) is 2.37. The molecule has 0 aliphatic rings. The van der Waals surface area contributed by atoms with Crippen molar-refractivity contribution in [3.05, 3.63) is 29.6 Å². The molecule has 18 heavy (non-hydrogen) atoms. The Balaban J connectivity index is 2.41. The van der Waals surface area contributed by atoms with E-state index >= 15 is 0 Å². The van der Waals surface area contributed by atoms with Crippen LogP contribution < -0.4 is 5.32 Å². The number of fused-ring (bicyclic) bond motifs is 1. The van der Waals surface area contributed by atoms with E-state index in [-0.39, 0.29) is 11.4 Å². The maximum atomic E-state index is 12.1. The fourth-order valence-corrected chi connectivity index (χ4v) is 1.86. The van der Waals surface area contributed by atoms with Gasteiger partial charge in [-0.1, -0.05) is 0 Å². The van der Waals surface area contributed by atoms with Crippen LogP contribution >= 0.6 is 0 Å². The Bertz CT molecular complexity index is 605. The molecular weight excluding hydrogens is 226 g/mol. The summed E-state index contributed by atoms with van der Waals surface area (Å²) in [5.74, 6) is 0.890. The highest BCUT2D eigenvalue weighted by Crippen LogP contribution is 2.17. The maximum Gasteiger partial charge on any atom is 0.251 e. The minimum absolute atomic E-state index is 0.0525. The van der Waals surface area contributed by atoms with Crippen LogP contribution in [0.4, 0.5) is 0 Å². The van der Waals surface area contributed by atoms with Crippen molar-refractivity contribution in [3.63, 3.8) is 0 Å². The average Bonchev–Trinajstić information content (AvgIpc) is 2.52. The first-order chi connectivity index (χ1) is 8.28. The van der Waals surface area contributed by atoms with Gasteiger partial charge in [0.25, 0.3) is 5.91 Å². The number of hydrogen-bond donors (Lipinski definition) is 1. The van der Waals surface area contributed by atoms with E-state index in [1.165, 1.54) is 0 Å². The first-order valence-corrected chi connectivity index (χ1v) is 6.03. The second kappa shape index (κ2) is 4.12. The van der Waals surface area contributed by atoms with Gasteiger partial charge in [-0.3, -0.25) is 4.79 Å². The van der Waals surface area contributed by atoms with Gasteiger partial charge < -0.3 is 9.88 Å². The summed E-state index contributed by atoms with van der Waals surface area (Å²) in [7, 11) is 1.95. The molecular formula is C14H19N3O. The summed E-state index contributed by atoms with van der Waals surface area (Å²) in [6.07, 6.45) is 0. The fourth-order valence-electron chi connectivity index (χ4n) is 1.86. The molecule has 4 nitrogen and oxygen atoms in total. The number of benzene rings is 1. The maximum absolute atomic E-state index is 12.1. The van der Waals surface area contributed by atoms with E-state index in [1.54, 1.807) is 0 Å². The Morgan fingerprint density at radius 2 is 2.00 bits per heavy atom. The lowest BCUT2D eigenvalue weighted by molar-refractivity contribution is 0.0919. The van der Waals surface area contributed by atoms with Crippen LogP contribution in [-0.2, 0) is 7.05 Å². The standard InChI is InChI=1S/C14H19N3O/c1-9-15-11-7-6-10(8-12(11)17(9)5)13(18)16-14(2,3)4/h6-8H,1-5H3,(H,16,18). The number of carbonyl (C=O) groups excluding carboxylic acids is 1. The molecule has 4 heteroatoms. The van der Waals surface area contributed by atoms with E-state index in [1.807, 2.05) is 57.5 Å². The molecule has 2 rings (SSSR count). The average molecular weight is 245 g/mol. The number of carbonyl (C=O) groups is 1. The smallest absolute Gasteiger partial charge is 0.251 e. The first kappa shape index (κ1) is 12.6. The lowest BCUT2D eigenvalue weighted by Crippen LogP contribution is -2.40. The third-order valence-electron chi connectivity index (χ3n) is 2.86. The summed E-state index contributed by atoms with van der Waals surface area (Å²) >= 11 is 0.